The fraction of sp³-hybridized carbons (Fsp3) is 0.500. The minimum atomic E-state index is -0.394. The fourth-order valence-corrected chi connectivity index (χ4v) is 1.56. The van der Waals surface area contributed by atoms with Crippen LogP contribution < -0.4 is 4.74 Å². The monoisotopic (exact) mass is 267 g/mol. The maximum Gasteiger partial charge on any atom is 0.343 e. The molecule has 0 aliphatic rings. The van der Waals surface area contributed by atoms with E-state index in [1.807, 2.05) is 31.3 Å². The van der Waals surface area contributed by atoms with E-state index in [9.17, 15) is 4.79 Å². The van der Waals surface area contributed by atoms with Crippen LogP contribution in [0.2, 0.25) is 0 Å². The van der Waals surface area contributed by atoms with E-state index in [-0.39, 0.29) is 13.2 Å². The number of hydrogen-bond acceptors (Lipinski definition) is 5. The third-order valence-electron chi connectivity index (χ3n) is 2.77. The smallest absolute Gasteiger partial charge is 0.343 e. The standard InChI is InChI=1S/C14H21NO4/c1-15(9-10-16)8-7-12-3-5-13(6-4-12)19-11-14(17)18-2/h3-6,16H,7-11H2,1-2H3. The van der Waals surface area contributed by atoms with Gasteiger partial charge in [0.05, 0.1) is 13.7 Å². The highest BCUT2D eigenvalue weighted by Gasteiger charge is 2.02. The van der Waals surface area contributed by atoms with Crippen LogP contribution in [-0.2, 0) is 16.0 Å². The SMILES string of the molecule is COC(=O)COc1ccc(CCN(C)CCO)cc1. The number of esters is 1. The van der Waals surface area contributed by atoms with Crippen molar-refractivity contribution < 1.29 is 19.4 Å². The maximum absolute atomic E-state index is 10.9. The molecule has 19 heavy (non-hydrogen) atoms. The molecule has 0 saturated heterocycles. The highest BCUT2D eigenvalue weighted by atomic mass is 16.6. The van der Waals surface area contributed by atoms with Crippen molar-refractivity contribution in [3.05, 3.63) is 29.8 Å². The Bertz CT molecular complexity index is 378. The van der Waals surface area contributed by atoms with Gasteiger partial charge in [0, 0.05) is 13.1 Å². The molecule has 1 rings (SSSR count). The average molecular weight is 267 g/mol. The molecule has 0 spiro atoms. The van der Waals surface area contributed by atoms with Crippen molar-refractivity contribution in [2.24, 2.45) is 0 Å². The highest BCUT2D eigenvalue weighted by Crippen LogP contribution is 2.12. The summed E-state index contributed by atoms with van der Waals surface area (Å²) in [5.74, 6) is 0.257. The Morgan fingerprint density at radius 1 is 1.26 bits per heavy atom. The van der Waals surface area contributed by atoms with Crippen LogP contribution in [0.1, 0.15) is 5.56 Å². The second kappa shape index (κ2) is 8.50. The van der Waals surface area contributed by atoms with E-state index in [1.165, 1.54) is 12.7 Å². The molecule has 5 heteroatoms. The molecular weight excluding hydrogens is 246 g/mol. The third kappa shape index (κ3) is 6.22. The summed E-state index contributed by atoms with van der Waals surface area (Å²) < 4.78 is 9.75. The molecule has 0 aliphatic carbocycles. The predicted octanol–water partition coefficient (Wildman–Crippen LogP) is 0.705. The zero-order valence-electron chi connectivity index (χ0n) is 11.5. The van der Waals surface area contributed by atoms with Crippen LogP contribution in [0.5, 0.6) is 5.75 Å². The van der Waals surface area contributed by atoms with Gasteiger partial charge in [-0.05, 0) is 31.2 Å². The van der Waals surface area contributed by atoms with Gasteiger partial charge in [-0.25, -0.2) is 4.79 Å². The minimum absolute atomic E-state index is 0.0743. The van der Waals surface area contributed by atoms with Gasteiger partial charge in [-0.1, -0.05) is 12.1 Å². The summed E-state index contributed by atoms with van der Waals surface area (Å²) in [7, 11) is 3.31. The molecule has 1 aromatic rings. The first-order chi connectivity index (χ1) is 9.15. The van der Waals surface area contributed by atoms with Gasteiger partial charge in [0.1, 0.15) is 5.75 Å². The Kier molecular flexibility index (Phi) is 6.92. The Labute approximate surface area is 113 Å². The Balaban J connectivity index is 2.36. The molecule has 5 nitrogen and oxygen atoms in total. The number of carbonyl (C=O) groups excluding carboxylic acids is 1. The molecule has 0 bridgehead atoms. The lowest BCUT2D eigenvalue weighted by atomic mass is 10.1. The van der Waals surface area contributed by atoms with Crippen LogP contribution >= 0.6 is 0 Å². The molecule has 1 N–H and O–H groups in total. The molecule has 0 radical (unpaired) electrons. The van der Waals surface area contributed by atoms with Gasteiger partial charge in [0.25, 0.3) is 0 Å². The summed E-state index contributed by atoms with van der Waals surface area (Å²) >= 11 is 0. The molecule has 0 aliphatic heterocycles. The van der Waals surface area contributed by atoms with Gasteiger partial charge >= 0.3 is 5.97 Å². The van der Waals surface area contributed by atoms with E-state index < -0.39 is 5.97 Å². The second-order valence-electron chi connectivity index (χ2n) is 4.29. The summed E-state index contributed by atoms with van der Waals surface area (Å²) in [4.78, 5) is 13.0. The van der Waals surface area contributed by atoms with Crippen LogP contribution in [0.15, 0.2) is 24.3 Å². The molecule has 1 aromatic carbocycles. The minimum Gasteiger partial charge on any atom is -0.482 e. The van der Waals surface area contributed by atoms with Crippen molar-refractivity contribution in [3.63, 3.8) is 0 Å². The number of carbonyl (C=O) groups is 1. The largest absolute Gasteiger partial charge is 0.482 e. The Morgan fingerprint density at radius 3 is 2.53 bits per heavy atom. The van der Waals surface area contributed by atoms with Crippen LogP contribution in [0.3, 0.4) is 0 Å². The lowest BCUT2D eigenvalue weighted by molar-refractivity contribution is -0.142. The Hall–Kier alpha value is -1.59. The van der Waals surface area contributed by atoms with Crippen molar-refractivity contribution in [2.75, 3.05) is 40.5 Å². The average Bonchev–Trinajstić information content (AvgIpc) is 2.44. The lowest BCUT2D eigenvalue weighted by Crippen LogP contribution is -2.24. The summed E-state index contributed by atoms with van der Waals surface area (Å²) in [6, 6.07) is 7.62. The first kappa shape index (κ1) is 15.5. The predicted molar refractivity (Wildman–Crippen MR) is 72.2 cm³/mol. The van der Waals surface area contributed by atoms with Crippen molar-refractivity contribution >= 4 is 5.97 Å². The van der Waals surface area contributed by atoms with Crippen molar-refractivity contribution in [3.8, 4) is 5.75 Å². The summed E-state index contributed by atoms with van der Waals surface area (Å²) in [5, 5.41) is 8.80. The number of benzene rings is 1. The van der Waals surface area contributed by atoms with Gasteiger partial charge in [-0.2, -0.15) is 0 Å². The van der Waals surface area contributed by atoms with Crippen molar-refractivity contribution in [1.29, 1.82) is 0 Å². The van der Waals surface area contributed by atoms with Gasteiger partial charge in [-0.15, -0.1) is 0 Å². The number of ether oxygens (including phenoxy) is 2. The van der Waals surface area contributed by atoms with E-state index in [2.05, 4.69) is 9.64 Å². The first-order valence-electron chi connectivity index (χ1n) is 6.23. The molecule has 0 heterocycles. The summed E-state index contributed by atoms with van der Waals surface area (Å²) in [6.07, 6.45) is 0.910. The molecule has 0 atom stereocenters. The number of likely N-dealkylation sites (N-methyl/N-ethyl adjacent to an activating group) is 1. The lowest BCUT2D eigenvalue weighted by Gasteiger charge is -2.14. The molecule has 0 saturated carbocycles. The first-order valence-corrected chi connectivity index (χ1v) is 6.23. The van der Waals surface area contributed by atoms with E-state index in [4.69, 9.17) is 9.84 Å². The van der Waals surface area contributed by atoms with Crippen molar-refractivity contribution in [1.82, 2.24) is 4.90 Å². The number of methoxy groups -OCH3 is 1. The van der Waals surface area contributed by atoms with E-state index in [0.717, 1.165) is 13.0 Å². The normalized spacial score (nSPS) is 10.5. The molecule has 0 fully saturated rings. The second-order valence-corrected chi connectivity index (χ2v) is 4.29. The van der Waals surface area contributed by atoms with E-state index in [0.29, 0.717) is 12.3 Å². The molecular formula is C14H21NO4. The maximum atomic E-state index is 10.9. The topological polar surface area (TPSA) is 59.0 Å². The molecule has 106 valence electrons. The zero-order chi connectivity index (χ0) is 14.1. The van der Waals surface area contributed by atoms with Gasteiger partial charge in [-0.3, -0.25) is 0 Å². The highest BCUT2D eigenvalue weighted by molar-refractivity contribution is 5.70. The molecule has 0 aromatic heterocycles. The van der Waals surface area contributed by atoms with E-state index in [1.54, 1.807) is 0 Å². The number of nitrogens with zero attached hydrogens (tertiary/aromatic N) is 1. The zero-order valence-corrected chi connectivity index (χ0v) is 11.5. The van der Waals surface area contributed by atoms with Gasteiger partial charge in [0.15, 0.2) is 6.61 Å². The fourth-order valence-electron chi connectivity index (χ4n) is 1.56. The quantitative estimate of drug-likeness (QED) is 0.703. The number of aliphatic hydroxyl groups is 1. The molecule has 0 unspecified atom stereocenters. The van der Waals surface area contributed by atoms with Crippen LogP contribution in [0.25, 0.3) is 0 Å². The van der Waals surface area contributed by atoms with Gasteiger partial charge in [0.2, 0.25) is 0 Å². The van der Waals surface area contributed by atoms with Crippen LogP contribution in [0, 0.1) is 0 Å². The van der Waals surface area contributed by atoms with Crippen molar-refractivity contribution in [2.45, 2.75) is 6.42 Å². The number of rotatable bonds is 8. The summed E-state index contributed by atoms with van der Waals surface area (Å²) in [5.41, 5.74) is 1.19. The number of hydrogen-bond donors (Lipinski definition) is 1. The number of aliphatic hydroxyl groups excluding tert-OH is 1. The third-order valence-corrected chi connectivity index (χ3v) is 2.77. The van der Waals surface area contributed by atoms with Crippen LogP contribution in [-0.4, -0.2) is 56.4 Å². The summed E-state index contributed by atoms with van der Waals surface area (Å²) in [6.45, 7) is 1.68. The molecule has 0 amide bonds. The van der Waals surface area contributed by atoms with E-state index >= 15 is 0 Å². The van der Waals surface area contributed by atoms with Crippen LogP contribution in [0.4, 0.5) is 0 Å². The van der Waals surface area contributed by atoms with Gasteiger partial charge < -0.3 is 19.5 Å². The Morgan fingerprint density at radius 2 is 1.95 bits per heavy atom.